The van der Waals surface area contributed by atoms with E-state index in [0.717, 1.165) is 29.1 Å². The SMILES string of the molecule is Cc1ccc(-n2cc(NC(=O)NCCc3c(C)nn(C)c3C)cn2)c(C)c1. The predicted octanol–water partition coefficient (Wildman–Crippen LogP) is 3.20. The molecule has 0 aliphatic carbocycles. The van der Waals surface area contributed by atoms with E-state index in [1.807, 2.05) is 50.8 Å². The van der Waals surface area contributed by atoms with Crippen molar-refractivity contribution in [3.8, 4) is 5.69 Å². The molecule has 0 spiro atoms. The molecule has 7 nitrogen and oxygen atoms in total. The largest absolute Gasteiger partial charge is 0.338 e. The summed E-state index contributed by atoms with van der Waals surface area (Å²) >= 11 is 0. The first-order valence-electron chi connectivity index (χ1n) is 9.01. The molecule has 27 heavy (non-hydrogen) atoms. The minimum Gasteiger partial charge on any atom is -0.338 e. The van der Waals surface area contributed by atoms with Crippen LogP contribution in [0, 0.1) is 27.7 Å². The quantitative estimate of drug-likeness (QED) is 0.728. The van der Waals surface area contributed by atoms with Gasteiger partial charge < -0.3 is 10.6 Å². The maximum atomic E-state index is 12.2. The fourth-order valence-corrected chi connectivity index (χ4v) is 3.24. The molecule has 7 heteroatoms. The first-order chi connectivity index (χ1) is 12.8. The van der Waals surface area contributed by atoms with Crippen LogP contribution in [0.5, 0.6) is 0 Å². The number of benzene rings is 1. The molecule has 2 amide bonds. The second-order valence-corrected chi connectivity index (χ2v) is 6.87. The van der Waals surface area contributed by atoms with Crippen molar-refractivity contribution in [2.24, 2.45) is 7.05 Å². The summed E-state index contributed by atoms with van der Waals surface area (Å²) in [5.74, 6) is 0. The molecular weight excluding hydrogens is 340 g/mol. The van der Waals surface area contributed by atoms with Gasteiger partial charge in [-0.3, -0.25) is 4.68 Å². The second-order valence-electron chi connectivity index (χ2n) is 6.87. The van der Waals surface area contributed by atoms with Crippen LogP contribution in [0.4, 0.5) is 10.5 Å². The number of carbonyl (C=O) groups is 1. The van der Waals surface area contributed by atoms with E-state index in [-0.39, 0.29) is 6.03 Å². The van der Waals surface area contributed by atoms with Crippen molar-refractivity contribution in [1.29, 1.82) is 0 Å². The van der Waals surface area contributed by atoms with Crippen LogP contribution < -0.4 is 10.6 Å². The van der Waals surface area contributed by atoms with Gasteiger partial charge in [-0.25, -0.2) is 9.48 Å². The normalized spacial score (nSPS) is 10.9. The Morgan fingerprint density at radius 2 is 1.96 bits per heavy atom. The molecule has 0 aliphatic heterocycles. The van der Waals surface area contributed by atoms with Crippen molar-refractivity contribution in [2.75, 3.05) is 11.9 Å². The van der Waals surface area contributed by atoms with E-state index in [2.05, 4.69) is 33.8 Å². The monoisotopic (exact) mass is 366 g/mol. The third-order valence-corrected chi connectivity index (χ3v) is 4.76. The lowest BCUT2D eigenvalue weighted by atomic mass is 10.1. The molecule has 2 heterocycles. The molecular formula is C20H26N6O. The number of amides is 2. The Hall–Kier alpha value is -3.09. The second kappa shape index (κ2) is 7.65. The van der Waals surface area contributed by atoms with Crippen LogP contribution >= 0.6 is 0 Å². The Morgan fingerprint density at radius 3 is 2.63 bits per heavy atom. The summed E-state index contributed by atoms with van der Waals surface area (Å²) in [6.07, 6.45) is 4.21. The number of nitrogens with one attached hydrogen (secondary N) is 2. The van der Waals surface area contributed by atoms with Crippen LogP contribution in [0.1, 0.15) is 28.1 Å². The van der Waals surface area contributed by atoms with E-state index in [4.69, 9.17) is 0 Å². The van der Waals surface area contributed by atoms with Gasteiger partial charge in [-0.05, 0) is 51.3 Å². The van der Waals surface area contributed by atoms with Crippen LogP contribution in [0.3, 0.4) is 0 Å². The standard InChI is InChI=1S/C20H26N6O/c1-13-6-7-19(14(2)10-13)26-12-17(11-22-26)23-20(27)21-9-8-18-15(3)24-25(5)16(18)4/h6-7,10-12H,8-9H2,1-5H3,(H2,21,23,27). The van der Waals surface area contributed by atoms with E-state index >= 15 is 0 Å². The highest BCUT2D eigenvalue weighted by Crippen LogP contribution is 2.17. The molecule has 0 saturated heterocycles. The third-order valence-electron chi connectivity index (χ3n) is 4.76. The molecule has 0 radical (unpaired) electrons. The number of urea groups is 1. The molecule has 2 aromatic heterocycles. The van der Waals surface area contributed by atoms with Crippen LogP contribution in [0.2, 0.25) is 0 Å². The number of aromatic nitrogens is 4. The molecule has 1 aromatic carbocycles. The summed E-state index contributed by atoms with van der Waals surface area (Å²) in [5, 5.41) is 14.5. The van der Waals surface area contributed by atoms with Gasteiger partial charge in [-0.2, -0.15) is 10.2 Å². The molecule has 3 aromatic rings. The Kier molecular flexibility index (Phi) is 5.30. The zero-order chi connectivity index (χ0) is 19.6. The van der Waals surface area contributed by atoms with Gasteiger partial charge >= 0.3 is 6.03 Å². The Morgan fingerprint density at radius 1 is 1.19 bits per heavy atom. The summed E-state index contributed by atoms with van der Waals surface area (Å²) in [6.45, 7) is 8.68. The van der Waals surface area contributed by atoms with Gasteiger partial charge in [-0.15, -0.1) is 0 Å². The number of hydrogen-bond acceptors (Lipinski definition) is 3. The highest BCUT2D eigenvalue weighted by molar-refractivity contribution is 5.88. The molecule has 142 valence electrons. The lowest BCUT2D eigenvalue weighted by Gasteiger charge is -2.07. The van der Waals surface area contributed by atoms with Crippen LogP contribution in [-0.4, -0.2) is 32.1 Å². The highest BCUT2D eigenvalue weighted by atomic mass is 16.2. The average molecular weight is 366 g/mol. The van der Waals surface area contributed by atoms with Crippen molar-refractivity contribution in [1.82, 2.24) is 24.9 Å². The molecule has 0 atom stereocenters. The molecule has 0 bridgehead atoms. The molecule has 0 saturated carbocycles. The van der Waals surface area contributed by atoms with Gasteiger partial charge in [0, 0.05) is 19.3 Å². The molecule has 3 rings (SSSR count). The first kappa shape index (κ1) is 18.7. The van der Waals surface area contributed by atoms with Crippen LogP contribution in [0.25, 0.3) is 5.69 Å². The highest BCUT2D eigenvalue weighted by Gasteiger charge is 2.10. The Balaban J connectivity index is 1.56. The van der Waals surface area contributed by atoms with Gasteiger partial charge in [0.05, 0.1) is 29.5 Å². The number of anilines is 1. The number of aryl methyl sites for hydroxylation is 4. The molecule has 2 N–H and O–H groups in total. The number of hydrogen-bond donors (Lipinski definition) is 2. The summed E-state index contributed by atoms with van der Waals surface area (Å²) in [6, 6.07) is 5.94. The minimum atomic E-state index is -0.241. The van der Waals surface area contributed by atoms with Crippen molar-refractivity contribution in [3.63, 3.8) is 0 Å². The third kappa shape index (κ3) is 4.19. The van der Waals surface area contributed by atoms with Crippen molar-refractivity contribution in [2.45, 2.75) is 34.1 Å². The maximum absolute atomic E-state index is 12.2. The number of carbonyl (C=O) groups excluding carboxylic acids is 1. The smallest absolute Gasteiger partial charge is 0.319 e. The van der Waals surface area contributed by atoms with Gasteiger partial charge in [0.15, 0.2) is 0 Å². The van der Waals surface area contributed by atoms with Crippen LogP contribution in [-0.2, 0) is 13.5 Å². The van der Waals surface area contributed by atoms with Crippen molar-refractivity contribution in [3.05, 3.63) is 58.7 Å². The molecule has 0 unspecified atom stereocenters. The molecule has 0 aliphatic rings. The Labute approximate surface area is 159 Å². The summed E-state index contributed by atoms with van der Waals surface area (Å²) in [4.78, 5) is 12.2. The van der Waals surface area contributed by atoms with Crippen molar-refractivity contribution >= 4 is 11.7 Å². The van der Waals surface area contributed by atoms with Crippen LogP contribution in [0.15, 0.2) is 30.6 Å². The molecule has 0 fully saturated rings. The van der Waals surface area contributed by atoms with Gasteiger partial charge in [-0.1, -0.05) is 17.7 Å². The van der Waals surface area contributed by atoms with Gasteiger partial charge in [0.2, 0.25) is 0 Å². The first-order valence-corrected chi connectivity index (χ1v) is 9.01. The number of nitrogens with zero attached hydrogens (tertiary/aromatic N) is 4. The van der Waals surface area contributed by atoms with E-state index in [1.165, 1.54) is 11.1 Å². The van der Waals surface area contributed by atoms with Gasteiger partial charge in [0.25, 0.3) is 0 Å². The van der Waals surface area contributed by atoms with E-state index < -0.39 is 0 Å². The van der Waals surface area contributed by atoms with Crippen molar-refractivity contribution < 1.29 is 4.79 Å². The summed E-state index contributed by atoms with van der Waals surface area (Å²) < 4.78 is 3.64. The Bertz CT molecular complexity index is 969. The number of rotatable bonds is 5. The van der Waals surface area contributed by atoms with E-state index in [1.54, 1.807) is 10.9 Å². The minimum absolute atomic E-state index is 0.241. The topological polar surface area (TPSA) is 76.8 Å². The van der Waals surface area contributed by atoms with E-state index in [0.29, 0.717) is 12.2 Å². The summed E-state index contributed by atoms with van der Waals surface area (Å²) in [5.41, 5.74) is 7.31. The maximum Gasteiger partial charge on any atom is 0.319 e. The fraction of sp³-hybridized carbons (Fsp3) is 0.350. The predicted molar refractivity (Wildman–Crippen MR) is 106 cm³/mol. The zero-order valence-corrected chi connectivity index (χ0v) is 16.5. The lowest BCUT2D eigenvalue weighted by molar-refractivity contribution is 0.252. The summed E-state index contributed by atoms with van der Waals surface area (Å²) in [7, 11) is 1.93. The lowest BCUT2D eigenvalue weighted by Crippen LogP contribution is -2.30. The van der Waals surface area contributed by atoms with Gasteiger partial charge in [0.1, 0.15) is 0 Å². The van der Waals surface area contributed by atoms with E-state index in [9.17, 15) is 4.79 Å². The fourth-order valence-electron chi connectivity index (χ4n) is 3.24. The zero-order valence-electron chi connectivity index (χ0n) is 16.5. The average Bonchev–Trinajstić information content (AvgIpc) is 3.14.